The lowest BCUT2D eigenvalue weighted by atomic mass is 10.2. The summed E-state index contributed by atoms with van der Waals surface area (Å²) in [5, 5.41) is 29.3. The van der Waals surface area contributed by atoms with E-state index in [1.54, 1.807) is 0 Å². The lowest BCUT2D eigenvalue weighted by Gasteiger charge is -2.11. The Morgan fingerprint density at radius 2 is 2.00 bits per heavy atom. The summed E-state index contributed by atoms with van der Waals surface area (Å²) in [6, 6.07) is 10.0. The minimum Gasteiger partial charge on any atom is -0.867 e. The zero-order valence-electron chi connectivity index (χ0n) is 13.2. The lowest BCUT2D eigenvalue weighted by molar-refractivity contribution is -0.398. The molecule has 0 unspecified atom stereocenters. The summed E-state index contributed by atoms with van der Waals surface area (Å²) >= 11 is 3.09. The van der Waals surface area contributed by atoms with Crippen LogP contribution >= 0.6 is 15.9 Å². The topological polar surface area (TPSA) is 120 Å². The van der Waals surface area contributed by atoms with Crippen LogP contribution in [0.2, 0.25) is 0 Å². The molecule has 0 bridgehead atoms. The van der Waals surface area contributed by atoms with Crippen LogP contribution in [0.3, 0.4) is 0 Å². The molecule has 0 saturated heterocycles. The highest BCUT2D eigenvalue weighted by atomic mass is 79.9. The fourth-order valence-electron chi connectivity index (χ4n) is 1.90. The number of hydrazone groups is 1. The molecule has 2 aromatic rings. The Labute approximate surface area is 151 Å². The van der Waals surface area contributed by atoms with E-state index >= 15 is 0 Å². The molecule has 1 amide bonds. The van der Waals surface area contributed by atoms with Gasteiger partial charge in [-0.3, -0.25) is 14.9 Å². The molecule has 9 heteroatoms. The zero-order valence-corrected chi connectivity index (χ0v) is 14.7. The summed E-state index contributed by atoms with van der Waals surface area (Å²) in [7, 11) is 0. The Morgan fingerprint density at radius 1 is 1.32 bits per heavy atom. The molecule has 8 nitrogen and oxygen atoms in total. The predicted molar refractivity (Wildman–Crippen MR) is 95.6 cm³/mol. The number of nitrogens with zero attached hydrogens (tertiary/aromatic N) is 2. The number of nitrogens with one attached hydrogen (secondary N) is 2. The zero-order chi connectivity index (χ0) is 18.4. The van der Waals surface area contributed by atoms with Crippen LogP contribution < -0.4 is 15.8 Å². The van der Waals surface area contributed by atoms with Crippen molar-refractivity contribution >= 4 is 39.4 Å². The van der Waals surface area contributed by atoms with Crippen molar-refractivity contribution in [3.8, 4) is 5.75 Å². The van der Waals surface area contributed by atoms with Gasteiger partial charge in [-0.2, -0.15) is 5.10 Å². The molecule has 2 rings (SSSR count). The lowest BCUT2D eigenvalue weighted by Crippen LogP contribution is -2.25. The summed E-state index contributed by atoms with van der Waals surface area (Å²) in [6.07, 6.45) is 1.07. The molecular formula is C16H14BrN4O4-. The molecule has 25 heavy (non-hydrogen) atoms. The number of hydrogen-bond acceptors (Lipinski definition) is 6. The highest BCUT2D eigenvalue weighted by molar-refractivity contribution is 9.10. The van der Waals surface area contributed by atoms with E-state index in [-0.39, 0.29) is 12.1 Å². The monoisotopic (exact) mass is 405 g/mol. The standard InChI is InChI=1S/C16H15BrN4O4/c1-10-2-4-13(5-3-10)18-9-15(22)20-19-8-11-6-12(17)7-14(16(11)23)21(24)25/h2-8,18,23H,9H2,1H3,(H,20,22)/p-1/b19-8-. The third-order valence-electron chi connectivity index (χ3n) is 3.16. The van der Waals surface area contributed by atoms with Crippen LogP contribution in [-0.2, 0) is 4.79 Å². The molecule has 130 valence electrons. The molecule has 0 aliphatic heterocycles. The van der Waals surface area contributed by atoms with Gasteiger partial charge >= 0.3 is 0 Å². The molecule has 0 heterocycles. The molecule has 0 atom stereocenters. The van der Waals surface area contributed by atoms with Gasteiger partial charge in [-0.25, -0.2) is 5.43 Å². The maximum Gasteiger partial charge on any atom is 0.263 e. The van der Waals surface area contributed by atoms with Gasteiger partial charge in [-0.15, -0.1) is 0 Å². The minimum atomic E-state index is -0.774. The van der Waals surface area contributed by atoms with E-state index in [1.165, 1.54) is 6.07 Å². The minimum absolute atomic E-state index is 0.00660. The van der Waals surface area contributed by atoms with Gasteiger partial charge in [0, 0.05) is 16.2 Å². The van der Waals surface area contributed by atoms with E-state index in [9.17, 15) is 20.0 Å². The third-order valence-corrected chi connectivity index (χ3v) is 3.61. The summed E-state index contributed by atoms with van der Waals surface area (Å²) < 4.78 is 0.368. The van der Waals surface area contributed by atoms with Crippen molar-refractivity contribution in [3.05, 3.63) is 62.1 Å². The average molecular weight is 406 g/mol. The number of carbonyl (C=O) groups is 1. The van der Waals surface area contributed by atoms with Crippen molar-refractivity contribution in [1.29, 1.82) is 0 Å². The highest BCUT2D eigenvalue weighted by Gasteiger charge is 2.11. The SMILES string of the molecule is Cc1ccc(NCC(=O)N/N=C\c2cc(Br)cc([N+](=O)[O-])c2[O-])cc1. The van der Waals surface area contributed by atoms with Crippen LogP contribution in [0.15, 0.2) is 46.0 Å². The maximum atomic E-state index is 11.9. The second-order valence-electron chi connectivity index (χ2n) is 5.11. The Balaban J connectivity index is 1.95. The van der Waals surface area contributed by atoms with E-state index in [0.717, 1.165) is 23.5 Å². The van der Waals surface area contributed by atoms with Crippen LogP contribution in [0.25, 0.3) is 0 Å². The molecule has 2 N–H and O–H groups in total. The quantitative estimate of drug-likeness (QED) is 0.433. The number of halogens is 1. The fourth-order valence-corrected chi connectivity index (χ4v) is 2.36. The van der Waals surface area contributed by atoms with Crippen molar-refractivity contribution in [3.63, 3.8) is 0 Å². The van der Waals surface area contributed by atoms with E-state index in [0.29, 0.717) is 4.47 Å². The Kier molecular flexibility index (Phi) is 6.07. The van der Waals surface area contributed by atoms with Crippen molar-refractivity contribution in [2.24, 2.45) is 5.10 Å². The number of aryl methyl sites for hydroxylation is 1. The normalized spacial score (nSPS) is 10.6. The van der Waals surface area contributed by atoms with E-state index < -0.39 is 22.3 Å². The van der Waals surface area contributed by atoms with E-state index in [2.05, 4.69) is 31.8 Å². The van der Waals surface area contributed by atoms with Gasteiger partial charge in [-0.1, -0.05) is 33.6 Å². The first-order valence-electron chi connectivity index (χ1n) is 7.14. The average Bonchev–Trinajstić information content (AvgIpc) is 2.57. The Morgan fingerprint density at radius 3 is 2.64 bits per heavy atom. The molecular weight excluding hydrogens is 392 g/mol. The molecule has 0 aliphatic rings. The van der Waals surface area contributed by atoms with Gasteiger partial charge in [0.05, 0.1) is 17.7 Å². The smallest absolute Gasteiger partial charge is 0.263 e. The summed E-state index contributed by atoms with van der Waals surface area (Å²) in [5.74, 6) is -1.20. The second kappa shape index (κ2) is 8.25. The van der Waals surface area contributed by atoms with Crippen molar-refractivity contribution < 1.29 is 14.8 Å². The Bertz CT molecular complexity index is 822. The van der Waals surface area contributed by atoms with Crippen molar-refractivity contribution in [2.75, 3.05) is 11.9 Å². The van der Waals surface area contributed by atoms with Gasteiger partial charge in [0.25, 0.3) is 11.6 Å². The first-order chi connectivity index (χ1) is 11.9. The number of amides is 1. The van der Waals surface area contributed by atoms with Gasteiger partial charge in [0.1, 0.15) is 0 Å². The molecule has 0 aliphatic carbocycles. The molecule has 2 aromatic carbocycles. The van der Waals surface area contributed by atoms with Gasteiger partial charge < -0.3 is 10.4 Å². The molecule has 0 radical (unpaired) electrons. The largest absolute Gasteiger partial charge is 0.867 e. The number of nitro groups is 1. The molecule has 0 fully saturated rings. The summed E-state index contributed by atoms with van der Waals surface area (Å²) in [4.78, 5) is 21.8. The molecule has 0 saturated carbocycles. The number of hydrogen-bond donors (Lipinski definition) is 2. The number of anilines is 1. The summed E-state index contributed by atoms with van der Waals surface area (Å²) in [6.45, 7) is 1.95. The van der Waals surface area contributed by atoms with E-state index in [4.69, 9.17) is 0 Å². The van der Waals surface area contributed by atoms with Gasteiger partial charge in [-0.05, 0) is 36.4 Å². The number of nitro benzene ring substituents is 1. The first-order valence-corrected chi connectivity index (χ1v) is 7.93. The van der Waals surface area contributed by atoms with Crippen LogP contribution in [-0.4, -0.2) is 23.6 Å². The van der Waals surface area contributed by atoms with Crippen molar-refractivity contribution in [2.45, 2.75) is 6.92 Å². The van der Waals surface area contributed by atoms with Crippen LogP contribution in [0.4, 0.5) is 11.4 Å². The van der Waals surface area contributed by atoms with Crippen LogP contribution in [0.1, 0.15) is 11.1 Å². The second-order valence-corrected chi connectivity index (χ2v) is 6.03. The Hall–Kier alpha value is -2.94. The molecule has 0 aromatic heterocycles. The van der Waals surface area contributed by atoms with E-state index in [1.807, 2.05) is 31.2 Å². The van der Waals surface area contributed by atoms with Crippen LogP contribution in [0, 0.1) is 17.0 Å². The van der Waals surface area contributed by atoms with Gasteiger partial charge in [0.15, 0.2) is 0 Å². The number of rotatable bonds is 6. The maximum absolute atomic E-state index is 11.9. The third kappa shape index (κ3) is 5.28. The predicted octanol–water partition coefficient (Wildman–Crippen LogP) is 2.30. The molecule has 0 spiro atoms. The fraction of sp³-hybridized carbons (Fsp3) is 0.125. The number of carbonyl (C=O) groups excluding carboxylic acids is 1. The van der Waals surface area contributed by atoms with Crippen molar-refractivity contribution in [1.82, 2.24) is 5.43 Å². The van der Waals surface area contributed by atoms with Gasteiger partial charge in [0.2, 0.25) is 0 Å². The highest BCUT2D eigenvalue weighted by Crippen LogP contribution is 2.30. The van der Waals surface area contributed by atoms with Crippen LogP contribution in [0.5, 0.6) is 5.75 Å². The number of benzene rings is 2. The summed E-state index contributed by atoms with van der Waals surface area (Å²) in [5.41, 5.74) is 3.57. The first kappa shape index (κ1) is 18.4.